The standard InChI is InChI=1S/C19H21N3O3S/c1-10(20-11(2)23)18-9-17(22-25-18)13-6-15(7-13)24-14-4-5-16-19(8-14)26-12(3)21-16/h4-5,8-10,13,15H,6-7H2,1-3H3,(H,20,23)/t10-,13?,15?/m0/s1. The Hall–Kier alpha value is -2.41. The number of thiazole rings is 1. The van der Waals surface area contributed by atoms with E-state index in [0.29, 0.717) is 11.7 Å². The van der Waals surface area contributed by atoms with Crippen LogP contribution >= 0.6 is 11.3 Å². The second kappa shape index (κ2) is 6.72. The Labute approximate surface area is 155 Å². The summed E-state index contributed by atoms with van der Waals surface area (Å²) in [6.07, 6.45) is 2.03. The number of hydrogen-bond donors (Lipinski definition) is 1. The van der Waals surface area contributed by atoms with Crippen molar-refractivity contribution in [3.05, 3.63) is 40.7 Å². The number of amides is 1. The first-order chi connectivity index (χ1) is 12.5. The molecule has 2 heterocycles. The van der Waals surface area contributed by atoms with Crippen molar-refractivity contribution < 1.29 is 14.1 Å². The fourth-order valence-corrected chi connectivity index (χ4v) is 4.12. The van der Waals surface area contributed by atoms with Crippen LogP contribution in [0.5, 0.6) is 5.75 Å². The van der Waals surface area contributed by atoms with Crippen molar-refractivity contribution >= 4 is 27.5 Å². The van der Waals surface area contributed by atoms with Crippen molar-refractivity contribution in [2.24, 2.45) is 0 Å². The molecule has 1 aromatic carbocycles. The van der Waals surface area contributed by atoms with Gasteiger partial charge in [-0.05, 0) is 44.9 Å². The molecule has 4 rings (SSSR count). The number of aryl methyl sites for hydroxylation is 1. The quantitative estimate of drug-likeness (QED) is 0.730. The molecule has 1 aliphatic rings. The number of carbonyl (C=O) groups excluding carboxylic acids is 1. The highest BCUT2D eigenvalue weighted by atomic mass is 32.1. The summed E-state index contributed by atoms with van der Waals surface area (Å²) in [5.41, 5.74) is 1.96. The molecule has 1 N–H and O–H groups in total. The SMILES string of the molecule is CC(=O)N[C@@H](C)c1cc(C2CC(Oc3ccc4nc(C)sc4c3)C2)no1. The van der Waals surface area contributed by atoms with E-state index in [2.05, 4.69) is 21.5 Å². The summed E-state index contributed by atoms with van der Waals surface area (Å²) in [6, 6.07) is 7.83. The summed E-state index contributed by atoms with van der Waals surface area (Å²) in [7, 11) is 0. The summed E-state index contributed by atoms with van der Waals surface area (Å²) in [5, 5.41) is 8.03. The minimum absolute atomic E-state index is 0.0827. The van der Waals surface area contributed by atoms with Crippen molar-refractivity contribution in [1.82, 2.24) is 15.5 Å². The third kappa shape index (κ3) is 3.44. The maximum absolute atomic E-state index is 11.1. The van der Waals surface area contributed by atoms with E-state index in [4.69, 9.17) is 9.26 Å². The van der Waals surface area contributed by atoms with Gasteiger partial charge < -0.3 is 14.6 Å². The highest BCUT2D eigenvalue weighted by molar-refractivity contribution is 7.18. The van der Waals surface area contributed by atoms with E-state index in [0.717, 1.165) is 39.5 Å². The normalized spacial score (nSPS) is 20.6. The Morgan fingerprint density at radius 2 is 2.19 bits per heavy atom. The molecule has 0 unspecified atom stereocenters. The Morgan fingerprint density at radius 1 is 1.38 bits per heavy atom. The molecule has 3 aromatic rings. The Balaban J connectivity index is 1.34. The number of ether oxygens (including phenoxy) is 1. The zero-order chi connectivity index (χ0) is 18.3. The van der Waals surface area contributed by atoms with Crippen LogP contribution < -0.4 is 10.1 Å². The number of aromatic nitrogens is 2. The maximum atomic E-state index is 11.1. The van der Waals surface area contributed by atoms with Crippen LogP contribution in [0.25, 0.3) is 10.2 Å². The van der Waals surface area contributed by atoms with Gasteiger partial charge in [0, 0.05) is 18.9 Å². The van der Waals surface area contributed by atoms with Gasteiger partial charge in [-0.1, -0.05) is 5.16 Å². The van der Waals surface area contributed by atoms with Crippen LogP contribution in [-0.2, 0) is 4.79 Å². The molecule has 26 heavy (non-hydrogen) atoms. The average Bonchev–Trinajstić information content (AvgIpc) is 3.14. The van der Waals surface area contributed by atoms with Gasteiger partial charge in [-0.2, -0.15) is 0 Å². The summed E-state index contributed by atoms with van der Waals surface area (Å²) in [6.45, 7) is 5.39. The molecule has 0 aliphatic heterocycles. The Morgan fingerprint density at radius 3 is 2.96 bits per heavy atom. The third-order valence-electron chi connectivity index (χ3n) is 4.68. The third-order valence-corrected chi connectivity index (χ3v) is 5.61. The maximum Gasteiger partial charge on any atom is 0.217 e. The van der Waals surface area contributed by atoms with E-state index in [-0.39, 0.29) is 18.1 Å². The molecule has 1 aliphatic carbocycles. The van der Waals surface area contributed by atoms with Crippen LogP contribution in [0.2, 0.25) is 0 Å². The van der Waals surface area contributed by atoms with Crippen LogP contribution in [0.15, 0.2) is 28.8 Å². The van der Waals surface area contributed by atoms with E-state index in [1.165, 1.54) is 6.92 Å². The van der Waals surface area contributed by atoms with Gasteiger partial charge in [0.1, 0.15) is 5.75 Å². The fraction of sp³-hybridized carbons (Fsp3) is 0.421. The molecule has 1 fully saturated rings. The minimum atomic E-state index is -0.171. The molecular weight excluding hydrogens is 350 g/mol. The second-order valence-electron chi connectivity index (χ2n) is 6.85. The zero-order valence-electron chi connectivity index (χ0n) is 15.0. The van der Waals surface area contributed by atoms with Crippen LogP contribution in [-0.4, -0.2) is 22.2 Å². The predicted octanol–water partition coefficient (Wildman–Crippen LogP) is 4.11. The summed E-state index contributed by atoms with van der Waals surface area (Å²) in [5.74, 6) is 1.84. The number of nitrogens with one attached hydrogen (secondary N) is 1. The van der Waals surface area contributed by atoms with E-state index in [1.54, 1.807) is 11.3 Å². The lowest BCUT2D eigenvalue weighted by molar-refractivity contribution is -0.119. The molecule has 1 amide bonds. The van der Waals surface area contributed by atoms with E-state index >= 15 is 0 Å². The van der Waals surface area contributed by atoms with Gasteiger partial charge in [0.15, 0.2) is 5.76 Å². The Kier molecular flexibility index (Phi) is 4.40. The first-order valence-corrected chi connectivity index (χ1v) is 9.57. The molecule has 1 saturated carbocycles. The summed E-state index contributed by atoms with van der Waals surface area (Å²) >= 11 is 1.68. The number of benzene rings is 1. The van der Waals surface area contributed by atoms with Crippen molar-refractivity contribution in [2.75, 3.05) is 0 Å². The molecule has 0 spiro atoms. The lowest BCUT2D eigenvalue weighted by Gasteiger charge is -2.34. The minimum Gasteiger partial charge on any atom is -0.490 e. The zero-order valence-corrected chi connectivity index (χ0v) is 15.8. The molecule has 0 saturated heterocycles. The number of carbonyl (C=O) groups is 1. The van der Waals surface area contributed by atoms with Gasteiger partial charge in [-0.15, -0.1) is 11.3 Å². The van der Waals surface area contributed by atoms with Crippen molar-refractivity contribution in [3.63, 3.8) is 0 Å². The smallest absolute Gasteiger partial charge is 0.217 e. The predicted molar refractivity (Wildman–Crippen MR) is 99.5 cm³/mol. The summed E-state index contributed by atoms with van der Waals surface area (Å²) < 4.78 is 12.6. The largest absolute Gasteiger partial charge is 0.490 e. The topological polar surface area (TPSA) is 77.2 Å². The molecule has 0 radical (unpaired) electrons. The Bertz CT molecular complexity index is 943. The van der Waals surface area contributed by atoms with Crippen LogP contribution in [0.1, 0.15) is 55.1 Å². The number of nitrogens with zero attached hydrogens (tertiary/aromatic N) is 2. The van der Waals surface area contributed by atoms with Crippen LogP contribution in [0.3, 0.4) is 0 Å². The van der Waals surface area contributed by atoms with E-state index < -0.39 is 0 Å². The highest BCUT2D eigenvalue weighted by Crippen LogP contribution is 2.39. The number of rotatable bonds is 5. The molecule has 1 atom stereocenters. The van der Waals surface area contributed by atoms with Crippen molar-refractivity contribution in [3.8, 4) is 5.75 Å². The first-order valence-electron chi connectivity index (χ1n) is 8.75. The number of hydrogen-bond acceptors (Lipinski definition) is 6. The molecule has 2 aromatic heterocycles. The summed E-state index contributed by atoms with van der Waals surface area (Å²) in [4.78, 5) is 15.6. The van der Waals surface area contributed by atoms with Crippen LogP contribution in [0.4, 0.5) is 0 Å². The van der Waals surface area contributed by atoms with Gasteiger partial charge in [0.25, 0.3) is 0 Å². The lowest BCUT2D eigenvalue weighted by atomic mass is 9.80. The highest BCUT2D eigenvalue weighted by Gasteiger charge is 2.34. The first kappa shape index (κ1) is 17.0. The molecule has 7 heteroatoms. The van der Waals surface area contributed by atoms with E-state index in [1.807, 2.05) is 32.0 Å². The molecular formula is C19H21N3O3S. The lowest BCUT2D eigenvalue weighted by Crippen LogP contribution is -2.32. The van der Waals surface area contributed by atoms with Gasteiger partial charge in [-0.25, -0.2) is 4.98 Å². The van der Waals surface area contributed by atoms with Gasteiger partial charge in [0.2, 0.25) is 5.91 Å². The van der Waals surface area contributed by atoms with Crippen molar-refractivity contribution in [2.45, 2.75) is 51.7 Å². The van der Waals surface area contributed by atoms with Gasteiger partial charge in [0.05, 0.1) is 33.1 Å². The molecule has 136 valence electrons. The molecule has 0 bridgehead atoms. The number of fused-ring (bicyclic) bond motifs is 1. The van der Waals surface area contributed by atoms with Gasteiger partial charge in [-0.3, -0.25) is 4.79 Å². The molecule has 6 nitrogen and oxygen atoms in total. The fourth-order valence-electron chi connectivity index (χ4n) is 3.27. The van der Waals surface area contributed by atoms with Crippen molar-refractivity contribution in [1.29, 1.82) is 0 Å². The average molecular weight is 371 g/mol. The van der Waals surface area contributed by atoms with Gasteiger partial charge >= 0.3 is 0 Å². The monoisotopic (exact) mass is 371 g/mol. The second-order valence-corrected chi connectivity index (χ2v) is 8.08. The van der Waals surface area contributed by atoms with Crippen LogP contribution in [0, 0.1) is 6.92 Å². The van der Waals surface area contributed by atoms with E-state index in [9.17, 15) is 4.79 Å².